The largest absolute Gasteiger partial charge is 0.380 e. The number of hydrogen-bond acceptors (Lipinski definition) is 7. The zero-order valence-corrected chi connectivity index (χ0v) is 13.6. The van der Waals surface area contributed by atoms with Gasteiger partial charge in [0.15, 0.2) is 5.82 Å². The van der Waals surface area contributed by atoms with E-state index in [-0.39, 0.29) is 17.2 Å². The SMILES string of the molecule is O=C(NC[C@]12COC[C@H]1CN(c1ncc(F)cn1)C2)c1cscn1. The zero-order chi connectivity index (χ0) is 16.6. The van der Waals surface area contributed by atoms with E-state index in [2.05, 4.69) is 20.3 Å². The number of anilines is 1. The van der Waals surface area contributed by atoms with Crippen LogP contribution in [0, 0.1) is 17.2 Å². The molecule has 4 heterocycles. The van der Waals surface area contributed by atoms with E-state index in [9.17, 15) is 9.18 Å². The molecule has 0 unspecified atom stereocenters. The molecule has 126 valence electrons. The smallest absolute Gasteiger partial charge is 0.270 e. The average molecular weight is 349 g/mol. The van der Waals surface area contributed by atoms with E-state index in [1.165, 1.54) is 23.7 Å². The molecule has 2 saturated heterocycles. The second-order valence-corrected chi connectivity index (χ2v) is 6.93. The molecule has 4 rings (SSSR count). The summed E-state index contributed by atoms with van der Waals surface area (Å²) in [6.07, 6.45) is 2.34. The molecule has 24 heavy (non-hydrogen) atoms. The minimum absolute atomic E-state index is 0.173. The van der Waals surface area contributed by atoms with Crippen molar-refractivity contribution in [3.63, 3.8) is 0 Å². The highest BCUT2D eigenvalue weighted by Gasteiger charge is 2.51. The van der Waals surface area contributed by atoms with Crippen LogP contribution in [0.5, 0.6) is 0 Å². The maximum absolute atomic E-state index is 13.0. The molecule has 9 heteroatoms. The fourth-order valence-electron chi connectivity index (χ4n) is 3.37. The molecule has 2 aliphatic heterocycles. The van der Waals surface area contributed by atoms with Crippen LogP contribution in [-0.2, 0) is 4.74 Å². The first-order valence-corrected chi connectivity index (χ1v) is 8.57. The lowest BCUT2D eigenvalue weighted by molar-refractivity contribution is 0.0916. The van der Waals surface area contributed by atoms with Crippen LogP contribution >= 0.6 is 11.3 Å². The number of halogens is 1. The molecule has 0 saturated carbocycles. The summed E-state index contributed by atoms with van der Waals surface area (Å²) in [5.74, 6) is 0.164. The van der Waals surface area contributed by atoms with Gasteiger partial charge in [-0.1, -0.05) is 0 Å². The van der Waals surface area contributed by atoms with Crippen molar-refractivity contribution in [3.05, 3.63) is 34.8 Å². The summed E-state index contributed by atoms with van der Waals surface area (Å²) < 4.78 is 18.7. The Morgan fingerprint density at radius 3 is 3.04 bits per heavy atom. The summed E-state index contributed by atoms with van der Waals surface area (Å²) in [4.78, 5) is 26.3. The highest BCUT2D eigenvalue weighted by Crippen LogP contribution is 2.41. The third-order valence-corrected chi connectivity index (χ3v) is 5.26. The van der Waals surface area contributed by atoms with Gasteiger partial charge in [0.1, 0.15) is 5.69 Å². The van der Waals surface area contributed by atoms with Crippen LogP contribution in [-0.4, -0.2) is 53.7 Å². The van der Waals surface area contributed by atoms with Gasteiger partial charge in [0.25, 0.3) is 5.91 Å². The number of nitrogens with one attached hydrogen (secondary N) is 1. The van der Waals surface area contributed by atoms with Crippen molar-refractivity contribution in [2.45, 2.75) is 0 Å². The molecule has 2 aliphatic rings. The van der Waals surface area contributed by atoms with Gasteiger partial charge >= 0.3 is 0 Å². The second-order valence-electron chi connectivity index (χ2n) is 6.21. The minimum atomic E-state index is -0.452. The molecule has 2 fully saturated rings. The third-order valence-electron chi connectivity index (χ3n) is 4.68. The monoisotopic (exact) mass is 349 g/mol. The Morgan fingerprint density at radius 1 is 1.46 bits per heavy atom. The number of amides is 1. The van der Waals surface area contributed by atoms with E-state index >= 15 is 0 Å². The maximum Gasteiger partial charge on any atom is 0.270 e. The Kier molecular flexibility index (Phi) is 3.89. The summed E-state index contributed by atoms with van der Waals surface area (Å²) in [5.41, 5.74) is 1.89. The lowest BCUT2D eigenvalue weighted by Crippen LogP contribution is -2.43. The Morgan fingerprint density at radius 2 is 2.29 bits per heavy atom. The van der Waals surface area contributed by atoms with E-state index in [1.807, 2.05) is 4.90 Å². The van der Waals surface area contributed by atoms with Crippen LogP contribution in [0.25, 0.3) is 0 Å². The number of carbonyl (C=O) groups excluding carboxylic acids is 1. The van der Waals surface area contributed by atoms with Gasteiger partial charge in [-0.15, -0.1) is 11.3 Å². The predicted octanol–water partition coefficient (Wildman–Crippen LogP) is 0.955. The zero-order valence-electron chi connectivity index (χ0n) is 12.8. The van der Waals surface area contributed by atoms with Gasteiger partial charge in [0.05, 0.1) is 31.1 Å². The van der Waals surface area contributed by atoms with E-state index in [1.54, 1.807) is 10.9 Å². The van der Waals surface area contributed by atoms with Crippen LogP contribution in [0.4, 0.5) is 10.3 Å². The molecular weight excluding hydrogens is 333 g/mol. The third kappa shape index (κ3) is 2.73. The average Bonchev–Trinajstić information content (AvgIpc) is 3.29. The Bertz CT molecular complexity index is 726. The summed E-state index contributed by atoms with van der Waals surface area (Å²) in [6.45, 7) is 3.13. The van der Waals surface area contributed by atoms with Crippen LogP contribution in [0.2, 0.25) is 0 Å². The lowest BCUT2D eigenvalue weighted by atomic mass is 9.81. The molecule has 1 amide bonds. The maximum atomic E-state index is 13.0. The molecule has 0 bridgehead atoms. The quantitative estimate of drug-likeness (QED) is 0.885. The highest BCUT2D eigenvalue weighted by atomic mass is 32.1. The molecule has 0 radical (unpaired) electrons. The number of hydrogen-bond donors (Lipinski definition) is 1. The normalized spacial score (nSPS) is 25.7. The molecule has 0 spiro atoms. The van der Waals surface area contributed by atoms with Gasteiger partial charge < -0.3 is 15.0 Å². The first-order valence-electron chi connectivity index (χ1n) is 7.63. The lowest BCUT2D eigenvalue weighted by Gasteiger charge is -2.27. The summed E-state index contributed by atoms with van der Waals surface area (Å²) in [7, 11) is 0. The molecule has 0 aliphatic carbocycles. The van der Waals surface area contributed by atoms with Gasteiger partial charge in [-0.05, 0) is 0 Å². The number of thiazole rings is 1. The van der Waals surface area contributed by atoms with Crippen molar-refractivity contribution in [2.75, 3.05) is 37.7 Å². The van der Waals surface area contributed by atoms with Crippen molar-refractivity contribution in [3.8, 4) is 0 Å². The van der Waals surface area contributed by atoms with Crippen molar-refractivity contribution in [2.24, 2.45) is 11.3 Å². The Balaban J connectivity index is 1.46. The second kappa shape index (κ2) is 6.06. The van der Waals surface area contributed by atoms with Crippen LogP contribution in [0.15, 0.2) is 23.3 Å². The number of nitrogens with zero attached hydrogens (tertiary/aromatic N) is 4. The molecule has 7 nitrogen and oxygen atoms in total. The van der Waals surface area contributed by atoms with Crippen LogP contribution < -0.4 is 10.2 Å². The van der Waals surface area contributed by atoms with Gasteiger partial charge in [-0.3, -0.25) is 4.79 Å². The summed E-state index contributed by atoms with van der Waals surface area (Å²) in [5, 5.41) is 4.69. The number of fused-ring (bicyclic) bond motifs is 1. The highest BCUT2D eigenvalue weighted by molar-refractivity contribution is 7.07. The fourth-order valence-corrected chi connectivity index (χ4v) is 3.91. The molecular formula is C15H16FN5O2S. The number of carbonyl (C=O) groups is 1. The van der Waals surface area contributed by atoms with Crippen molar-refractivity contribution in [1.29, 1.82) is 0 Å². The van der Waals surface area contributed by atoms with E-state index in [0.717, 1.165) is 6.54 Å². The minimum Gasteiger partial charge on any atom is -0.380 e. The van der Waals surface area contributed by atoms with Crippen molar-refractivity contribution in [1.82, 2.24) is 20.3 Å². The number of aromatic nitrogens is 3. The van der Waals surface area contributed by atoms with Gasteiger partial charge in [0.2, 0.25) is 5.95 Å². The first-order chi connectivity index (χ1) is 11.7. The molecule has 2 atom stereocenters. The van der Waals surface area contributed by atoms with Crippen molar-refractivity contribution < 1.29 is 13.9 Å². The Hall–Kier alpha value is -2.13. The first kappa shape index (κ1) is 15.4. The molecule has 2 aromatic rings. The molecule has 2 aromatic heterocycles. The van der Waals surface area contributed by atoms with E-state index in [0.29, 0.717) is 37.9 Å². The van der Waals surface area contributed by atoms with Crippen LogP contribution in [0.1, 0.15) is 10.5 Å². The molecule has 0 aromatic carbocycles. The number of ether oxygens (including phenoxy) is 1. The van der Waals surface area contributed by atoms with Gasteiger partial charge in [-0.2, -0.15) is 0 Å². The summed E-state index contributed by atoms with van der Waals surface area (Å²) in [6, 6.07) is 0. The summed E-state index contributed by atoms with van der Waals surface area (Å²) >= 11 is 1.39. The fraction of sp³-hybridized carbons (Fsp3) is 0.467. The number of rotatable bonds is 4. The standard InChI is InChI=1S/C15H16FN5O2S/c16-11-1-17-14(18-2-11)21-3-10-4-23-8-15(10,7-21)6-19-13(22)12-5-24-9-20-12/h1-2,5,9-10H,3-4,6-8H2,(H,19,22)/t10-,15+/m1/s1. The van der Waals surface area contributed by atoms with E-state index in [4.69, 9.17) is 4.74 Å². The van der Waals surface area contributed by atoms with Gasteiger partial charge in [0, 0.05) is 36.3 Å². The molecule has 1 N–H and O–H groups in total. The topological polar surface area (TPSA) is 80.2 Å². The van der Waals surface area contributed by atoms with Gasteiger partial charge in [-0.25, -0.2) is 19.3 Å². The van der Waals surface area contributed by atoms with Crippen LogP contribution in [0.3, 0.4) is 0 Å². The predicted molar refractivity (Wildman–Crippen MR) is 85.4 cm³/mol. The van der Waals surface area contributed by atoms with E-state index < -0.39 is 5.82 Å². The Labute approximate surface area is 141 Å². The van der Waals surface area contributed by atoms with Crippen molar-refractivity contribution >= 4 is 23.2 Å².